The summed E-state index contributed by atoms with van der Waals surface area (Å²) in [6.07, 6.45) is 3.40. The highest BCUT2D eigenvalue weighted by Crippen LogP contribution is 2.26. The van der Waals surface area contributed by atoms with Gasteiger partial charge in [0.2, 0.25) is 0 Å². The van der Waals surface area contributed by atoms with Crippen molar-refractivity contribution in [2.45, 2.75) is 6.04 Å². The molecule has 0 aliphatic carbocycles. The molecule has 0 saturated heterocycles. The van der Waals surface area contributed by atoms with Gasteiger partial charge < -0.3 is 5.32 Å². The van der Waals surface area contributed by atoms with Gasteiger partial charge in [-0.15, -0.1) is 11.3 Å². The van der Waals surface area contributed by atoms with Crippen LogP contribution in [0.15, 0.2) is 41.9 Å². The zero-order valence-electron chi connectivity index (χ0n) is 11.3. The fourth-order valence-electron chi connectivity index (χ4n) is 2.47. The number of hydrogen-bond donors (Lipinski definition) is 1. The van der Waals surface area contributed by atoms with Gasteiger partial charge in [-0.2, -0.15) is 0 Å². The molecule has 1 aliphatic rings. The number of sulfone groups is 1. The van der Waals surface area contributed by atoms with E-state index in [0.29, 0.717) is 4.88 Å². The Hall–Kier alpha value is -2.19. The molecule has 4 heterocycles. The number of pyridine rings is 1. The lowest BCUT2D eigenvalue weighted by atomic mass is 10.3. The molecule has 0 bridgehead atoms. The van der Waals surface area contributed by atoms with Crippen molar-refractivity contribution in [2.75, 3.05) is 5.75 Å². The van der Waals surface area contributed by atoms with Gasteiger partial charge in [-0.1, -0.05) is 6.07 Å². The molecule has 22 heavy (non-hydrogen) atoms. The first-order valence-electron chi connectivity index (χ1n) is 6.60. The van der Waals surface area contributed by atoms with Crippen molar-refractivity contribution >= 4 is 43.1 Å². The quantitative estimate of drug-likeness (QED) is 0.772. The number of nitrogens with zero attached hydrogens (tertiary/aromatic N) is 2. The largest absolute Gasteiger partial charge is 0.344 e. The van der Waals surface area contributed by atoms with E-state index in [0.717, 1.165) is 21.4 Å². The average molecular weight is 333 g/mol. The molecule has 1 atom stereocenters. The zero-order valence-corrected chi connectivity index (χ0v) is 12.9. The summed E-state index contributed by atoms with van der Waals surface area (Å²) in [7, 11) is -3.17. The Morgan fingerprint density at radius 3 is 3.05 bits per heavy atom. The van der Waals surface area contributed by atoms with E-state index >= 15 is 0 Å². The SMILES string of the molecule is O=C(NC1C=CS(=O)(=O)C1)c1cc2c(nc3ccccn32)s1. The highest BCUT2D eigenvalue weighted by molar-refractivity contribution is 7.94. The summed E-state index contributed by atoms with van der Waals surface area (Å²) in [4.78, 5) is 18.0. The molecule has 1 unspecified atom stereocenters. The number of carbonyl (C=O) groups excluding carboxylic acids is 1. The van der Waals surface area contributed by atoms with Gasteiger partial charge in [-0.25, -0.2) is 13.4 Å². The second-order valence-corrected chi connectivity index (χ2v) is 8.04. The van der Waals surface area contributed by atoms with Gasteiger partial charge in [0.25, 0.3) is 5.91 Å². The number of thiophene rings is 1. The summed E-state index contributed by atoms with van der Waals surface area (Å²) in [6.45, 7) is 0. The van der Waals surface area contributed by atoms with Crippen LogP contribution in [-0.4, -0.2) is 35.5 Å². The van der Waals surface area contributed by atoms with Gasteiger partial charge in [0.05, 0.1) is 22.2 Å². The van der Waals surface area contributed by atoms with E-state index in [2.05, 4.69) is 10.3 Å². The minimum absolute atomic E-state index is 0.0776. The van der Waals surface area contributed by atoms with E-state index in [9.17, 15) is 13.2 Å². The molecule has 3 aromatic rings. The molecule has 0 spiro atoms. The number of carbonyl (C=O) groups is 1. The normalized spacial score (nSPS) is 19.9. The fourth-order valence-corrected chi connectivity index (χ4v) is 4.64. The van der Waals surface area contributed by atoms with Crippen LogP contribution in [0.3, 0.4) is 0 Å². The maximum absolute atomic E-state index is 12.2. The number of amides is 1. The Bertz CT molecular complexity index is 1030. The van der Waals surface area contributed by atoms with Crippen LogP contribution >= 0.6 is 11.3 Å². The van der Waals surface area contributed by atoms with Crippen LogP contribution in [0.5, 0.6) is 0 Å². The van der Waals surface area contributed by atoms with Crippen LogP contribution in [0.1, 0.15) is 9.67 Å². The van der Waals surface area contributed by atoms with Crippen LogP contribution < -0.4 is 5.32 Å². The van der Waals surface area contributed by atoms with E-state index in [1.807, 2.05) is 28.8 Å². The highest BCUT2D eigenvalue weighted by Gasteiger charge is 2.24. The first kappa shape index (κ1) is 13.5. The Kier molecular flexibility index (Phi) is 2.85. The van der Waals surface area contributed by atoms with Gasteiger partial charge in [0, 0.05) is 11.6 Å². The van der Waals surface area contributed by atoms with E-state index in [4.69, 9.17) is 0 Å². The van der Waals surface area contributed by atoms with Crippen LogP contribution in [0.2, 0.25) is 0 Å². The number of fused-ring (bicyclic) bond motifs is 3. The van der Waals surface area contributed by atoms with E-state index < -0.39 is 15.9 Å². The molecule has 1 aliphatic heterocycles. The van der Waals surface area contributed by atoms with E-state index in [-0.39, 0.29) is 11.7 Å². The summed E-state index contributed by atoms with van der Waals surface area (Å²) in [5, 5.41) is 3.86. The van der Waals surface area contributed by atoms with Crippen molar-refractivity contribution in [2.24, 2.45) is 0 Å². The first-order chi connectivity index (χ1) is 10.5. The van der Waals surface area contributed by atoms with Crippen LogP contribution in [0.4, 0.5) is 0 Å². The van der Waals surface area contributed by atoms with Crippen molar-refractivity contribution in [3.8, 4) is 0 Å². The number of nitrogens with one attached hydrogen (secondary N) is 1. The number of imidazole rings is 1. The zero-order chi connectivity index (χ0) is 15.3. The minimum Gasteiger partial charge on any atom is -0.344 e. The van der Waals surface area contributed by atoms with Crippen molar-refractivity contribution in [1.29, 1.82) is 0 Å². The van der Waals surface area contributed by atoms with Crippen LogP contribution in [-0.2, 0) is 9.84 Å². The molecule has 1 N–H and O–H groups in total. The molecule has 6 nitrogen and oxygen atoms in total. The first-order valence-corrected chi connectivity index (χ1v) is 9.13. The van der Waals surface area contributed by atoms with Gasteiger partial charge in [-0.3, -0.25) is 9.20 Å². The molecule has 0 radical (unpaired) electrons. The minimum atomic E-state index is -3.17. The number of hydrogen-bond acceptors (Lipinski definition) is 5. The van der Waals surface area contributed by atoms with Gasteiger partial charge in [0.15, 0.2) is 9.84 Å². The number of rotatable bonds is 2. The molecule has 4 rings (SSSR count). The Morgan fingerprint density at radius 1 is 1.41 bits per heavy atom. The van der Waals surface area contributed by atoms with E-state index in [1.165, 1.54) is 17.4 Å². The third kappa shape index (κ3) is 2.20. The molecule has 8 heteroatoms. The standard InChI is InChI=1S/C14H11N3O3S2/c18-13(15-9-4-6-22(19,20)8-9)11-7-10-14(21-11)16-12-3-1-2-5-17(10)12/h1-7,9H,8H2,(H,15,18). The maximum atomic E-state index is 12.2. The average Bonchev–Trinajstić information content (AvgIpc) is 3.11. The summed E-state index contributed by atoms with van der Waals surface area (Å²) in [5.74, 6) is -0.356. The van der Waals surface area contributed by atoms with Gasteiger partial charge in [0.1, 0.15) is 10.5 Å². The third-order valence-electron chi connectivity index (χ3n) is 3.48. The smallest absolute Gasteiger partial charge is 0.262 e. The van der Waals surface area contributed by atoms with Crippen LogP contribution in [0, 0.1) is 0 Å². The molecular weight excluding hydrogens is 322 g/mol. The van der Waals surface area contributed by atoms with Gasteiger partial charge >= 0.3 is 0 Å². The molecular formula is C14H11N3O3S2. The molecule has 112 valence electrons. The maximum Gasteiger partial charge on any atom is 0.262 e. The predicted molar refractivity (Wildman–Crippen MR) is 84.8 cm³/mol. The van der Waals surface area contributed by atoms with Crippen molar-refractivity contribution in [1.82, 2.24) is 14.7 Å². The van der Waals surface area contributed by atoms with Crippen LogP contribution in [0.25, 0.3) is 16.0 Å². The summed E-state index contributed by atoms with van der Waals surface area (Å²) in [6, 6.07) is 7.03. The third-order valence-corrected chi connectivity index (χ3v) is 5.89. The lowest BCUT2D eigenvalue weighted by molar-refractivity contribution is 0.0952. The summed E-state index contributed by atoms with van der Waals surface area (Å²) in [5.41, 5.74) is 1.71. The number of aromatic nitrogens is 2. The fraction of sp³-hybridized carbons (Fsp3) is 0.143. The van der Waals surface area contributed by atoms with E-state index in [1.54, 1.807) is 6.07 Å². The Balaban J connectivity index is 1.64. The molecule has 1 amide bonds. The van der Waals surface area contributed by atoms with Gasteiger partial charge in [-0.05, 0) is 24.3 Å². The summed E-state index contributed by atoms with van der Waals surface area (Å²) >= 11 is 1.30. The Morgan fingerprint density at radius 2 is 2.27 bits per heavy atom. The summed E-state index contributed by atoms with van der Waals surface area (Å²) < 4.78 is 24.6. The second-order valence-electron chi connectivity index (χ2n) is 5.08. The van der Waals surface area contributed by atoms with Crippen molar-refractivity contribution in [3.63, 3.8) is 0 Å². The molecule has 3 aromatic heterocycles. The molecule has 0 fully saturated rings. The second kappa shape index (κ2) is 4.65. The highest BCUT2D eigenvalue weighted by atomic mass is 32.2. The predicted octanol–water partition coefficient (Wildman–Crippen LogP) is 1.59. The van der Waals surface area contributed by atoms with Crippen molar-refractivity contribution < 1.29 is 13.2 Å². The molecule has 0 aromatic carbocycles. The lowest BCUT2D eigenvalue weighted by Crippen LogP contribution is -2.35. The lowest BCUT2D eigenvalue weighted by Gasteiger charge is -2.08. The topological polar surface area (TPSA) is 80.5 Å². The molecule has 0 saturated carbocycles. The van der Waals surface area contributed by atoms with Crippen molar-refractivity contribution in [3.05, 3.63) is 46.8 Å². The Labute approximate surface area is 130 Å². The monoisotopic (exact) mass is 333 g/mol.